The normalized spacial score (nSPS) is 11.6. The summed E-state index contributed by atoms with van der Waals surface area (Å²) in [7, 11) is 0. The summed E-state index contributed by atoms with van der Waals surface area (Å²) in [4.78, 5) is 8.55. The molecule has 5 nitrogen and oxygen atoms in total. The van der Waals surface area contributed by atoms with Crippen LogP contribution in [0.4, 0.5) is 5.95 Å². The molecule has 5 heteroatoms. The molecule has 0 fully saturated rings. The standard InChI is InChI=1S/C14H20N4O/c1-14(2,3)8-9-19-12-10-6-4-5-7-11(10)16-13(17-12)18-15/h4-7H,8-9,15H2,1-3H3,(H,16,17,18). The van der Waals surface area contributed by atoms with E-state index >= 15 is 0 Å². The first-order chi connectivity index (χ1) is 8.99. The van der Waals surface area contributed by atoms with Gasteiger partial charge in [0.2, 0.25) is 11.8 Å². The molecule has 1 aromatic heterocycles. The maximum atomic E-state index is 5.79. The third-order valence-corrected chi connectivity index (χ3v) is 2.79. The molecule has 0 aliphatic carbocycles. The number of hydrazine groups is 1. The van der Waals surface area contributed by atoms with E-state index in [-0.39, 0.29) is 5.41 Å². The van der Waals surface area contributed by atoms with Gasteiger partial charge >= 0.3 is 0 Å². The number of nitrogens with one attached hydrogen (secondary N) is 1. The minimum Gasteiger partial charge on any atom is -0.477 e. The van der Waals surface area contributed by atoms with Crippen LogP contribution in [0.2, 0.25) is 0 Å². The molecular formula is C14H20N4O. The lowest BCUT2D eigenvalue weighted by Gasteiger charge is -2.18. The molecule has 0 bridgehead atoms. The van der Waals surface area contributed by atoms with Gasteiger partial charge in [0.25, 0.3) is 0 Å². The van der Waals surface area contributed by atoms with Crippen molar-refractivity contribution in [2.75, 3.05) is 12.0 Å². The SMILES string of the molecule is CC(C)(C)CCOc1nc(NN)nc2ccccc12. The zero-order valence-corrected chi connectivity index (χ0v) is 11.6. The predicted octanol–water partition coefficient (Wildman–Crippen LogP) is 2.73. The lowest BCUT2D eigenvalue weighted by atomic mass is 9.93. The van der Waals surface area contributed by atoms with Crippen molar-refractivity contribution in [3.63, 3.8) is 0 Å². The lowest BCUT2D eigenvalue weighted by Crippen LogP contribution is -2.14. The number of anilines is 1. The van der Waals surface area contributed by atoms with Gasteiger partial charge in [0.1, 0.15) is 0 Å². The van der Waals surface area contributed by atoms with Crippen molar-refractivity contribution >= 4 is 16.9 Å². The largest absolute Gasteiger partial charge is 0.477 e. The summed E-state index contributed by atoms with van der Waals surface area (Å²) in [6.45, 7) is 7.17. The molecule has 2 aromatic rings. The van der Waals surface area contributed by atoms with Gasteiger partial charge in [-0.2, -0.15) is 4.98 Å². The van der Waals surface area contributed by atoms with Crippen molar-refractivity contribution in [3.05, 3.63) is 24.3 Å². The highest BCUT2D eigenvalue weighted by molar-refractivity contribution is 5.84. The number of ether oxygens (including phenoxy) is 1. The highest BCUT2D eigenvalue weighted by Crippen LogP contribution is 2.25. The molecule has 0 atom stereocenters. The molecule has 0 aliphatic rings. The summed E-state index contributed by atoms with van der Waals surface area (Å²) in [5.74, 6) is 6.31. The van der Waals surface area contributed by atoms with E-state index in [1.165, 1.54) is 0 Å². The van der Waals surface area contributed by atoms with Crippen LogP contribution in [0.3, 0.4) is 0 Å². The molecule has 0 spiro atoms. The zero-order chi connectivity index (χ0) is 13.9. The van der Waals surface area contributed by atoms with Crippen LogP contribution in [0.1, 0.15) is 27.2 Å². The minimum atomic E-state index is 0.234. The number of fused-ring (bicyclic) bond motifs is 1. The number of nitrogen functional groups attached to an aromatic ring is 1. The second kappa shape index (κ2) is 5.40. The van der Waals surface area contributed by atoms with Crippen LogP contribution >= 0.6 is 0 Å². The van der Waals surface area contributed by atoms with E-state index in [1.54, 1.807) is 0 Å². The Morgan fingerprint density at radius 2 is 1.95 bits per heavy atom. The van der Waals surface area contributed by atoms with Crippen LogP contribution in [0.5, 0.6) is 5.88 Å². The smallest absolute Gasteiger partial charge is 0.241 e. The van der Waals surface area contributed by atoms with E-state index in [0.717, 1.165) is 17.3 Å². The molecule has 0 amide bonds. The summed E-state index contributed by atoms with van der Waals surface area (Å²) in [5.41, 5.74) is 3.51. The Bertz CT molecular complexity index is 563. The second-order valence-electron chi connectivity index (χ2n) is 5.67. The Morgan fingerprint density at radius 1 is 1.21 bits per heavy atom. The van der Waals surface area contributed by atoms with Crippen molar-refractivity contribution in [1.82, 2.24) is 9.97 Å². The fourth-order valence-electron chi connectivity index (χ4n) is 1.68. The number of rotatable bonds is 4. The van der Waals surface area contributed by atoms with Crippen molar-refractivity contribution in [3.8, 4) is 5.88 Å². The number of nitrogens with two attached hydrogens (primary N) is 1. The topological polar surface area (TPSA) is 73.1 Å². The maximum absolute atomic E-state index is 5.79. The van der Waals surface area contributed by atoms with E-state index in [2.05, 4.69) is 36.2 Å². The van der Waals surface area contributed by atoms with Crippen LogP contribution in [-0.2, 0) is 0 Å². The fraction of sp³-hybridized carbons (Fsp3) is 0.429. The first-order valence-electron chi connectivity index (χ1n) is 6.36. The number of aromatic nitrogens is 2. The third kappa shape index (κ3) is 3.54. The Labute approximate surface area is 113 Å². The minimum absolute atomic E-state index is 0.234. The summed E-state index contributed by atoms with van der Waals surface area (Å²) >= 11 is 0. The number of nitrogens with zero attached hydrogens (tertiary/aromatic N) is 2. The molecule has 0 saturated carbocycles. The van der Waals surface area contributed by atoms with Crippen LogP contribution in [0, 0.1) is 5.41 Å². The third-order valence-electron chi connectivity index (χ3n) is 2.79. The number of para-hydroxylation sites is 1. The van der Waals surface area contributed by atoms with E-state index in [9.17, 15) is 0 Å². The van der Waals surface area contributed by atoms with Gasteiger partial charge in [0.05, 0.1) is 17.5 Å². The Kier molecular flexibility index (Phi) is 3.85. The van der Waals surface area contributed by atoms with Crippen molar-refractivity contribution in [1.29, 1.82) is 0 Å². The van der Waals surface area contributed by atoms with E-state index in [0.29, 0.717) is 18.4 Å². The Morgan fingerprint density at radius 3 is 2.63 bits per heavy atom. The molecule has 19 heavy (non-hydrogen) atoms. The van der Waals surface area contributed by atoms with Gasteiger partial charge in [-0.15, -0.1) is 0 Å². The van der Waals surface area contributed by atoms with Gasteiger partial charge in [-0.25, -0.2) is 10.8 Å². The Hall–Kier alpha value is -1.88. The van der Waals surface area contributed by atoms with Crippen molar-refractivity contribution < 1.29 is 4.74 Å². The molecule has 3 N–H and O–H groups in total. The summed E-state index contributed by atoms with van der Waals surface area (Å²) in [6.07, 6.45) is 0.955. The van der Waals surface area contributed by atoms with Crippen LogP contribution in [0.25, 0.3) is 10.9 Å². The average Bonchev–Trinajstić information content (AvgIpc) is 2.37. The number of hydrogen-bond acceptors (Lipinski definition) is 5. The first-order valence-corrected chi connectivity index (χ1v) is 6.36. The van der Waals surface area contributed by atoms with E-state index < -0.39 is 0 Å². The molecule has 0 saturated heterocycles. The molecule has 1 heterocycles. The predicted molar refractivity (Wildman–Crippen MR) is 76.9 cm³/mol. The second-order valence-corrected chi connectivity index (χ2v) is 5.67. The van der Waals surface area contributed by atoms with Crippen LogP contribution in [0.15, 0.2) is 24.3 Å². The molecule has 1 aromatic carbocycles. The first kappa shape index (κ1) is 13.5. The van der Waals surface area contributed by atoms with Gasteiger partial charge in [0, 0.05) is 0 Å². The summed E-state index contributed by atoms with van der Waals surface area (Å²) in [5, 5.41) is 0.899. The fourth-order valence-corrected chi connectivity index (χ4v) is 1.68. The molecule has 102 valence electrons. The monoisotopic (exact) mass is 260 g/mol. The van der Waals surface area contributed by atoms with E-state index in [4.69, 9.17) is 10.6 Å². The highest BCUT2D eigenvalue weighted by atomic mass is 16.5. The summed E-state index contributed by atoms with van der Waals surface area (Å²) < 4.78 is 5.79. The van der Waals surface area contributed by atoms with E-state index in [1.807, 2.05) is 24.3 Å². The van der Waals surface area contributed by atoms with Gasteiger partial charge in [-0.3, -0.25) is 5.43 Å². The summed E-state index contributed by atoms with van der Waals surface area (Å²) in [6, 6.07) is 7.73. The lowest BCUT2D eigenvalue weighted by molar-refractivity contribution is 0.239. The van der Waals surface area contributed by atoms with Crippen LogP contribution < -0.4 is 16.0 Å². The van der Waals surface area contributed by atoms with Gasteiger partial charge in [-0.05, 0) is 24.0 Å². The number of benzene rings is 1. The molecule has 0 radical (unpaired) electrons. The van der Waals surface area contributed by atoms with Gasteiger partial charge in [0.15, 0.2) is 0 Å². The van der Waals surface area contributed by atoms with Gasteiger partial charge < -0.3 is 4.74 Å². The average molecular weight is 260 g/mol. The maximum Gasteiger partial charge on any atom is 0.241 e. The molecule has 0 unspecified atom stereocenters. The number of hydrogen-bond donors (Lipinski definition) is 2. The molecule has 0 aliphatic heterocycles. The highest BCUT2D eigenvalue weighted by Gasteiger charge is 2.12. The van der Waals surface area contributed by atoms with Crippen LogP contribution in [-0.4, -0.2) is 16.6 Å². The van der Waals surface area contributed by atoms with Gasteiger partial charge in [-0.1, -0.05) is 32.9 Å². The molecular weight excluding hydrogens is 240 g/mol. The zero-order valence-electron chi connectivity index (χ0n) is 11.6. The van der Waals surface area contributed by atoms with Crippen molar-refractivity contribution in [2.45, 2.75) is 27.2 Å². The van der Waals surface area contributed by atoms with Crippen molar-refractivity contribution in [2.24, 2.45) is 11.3 Å². The quantitative estimate of drug-likeness (QED) is 0.653. The molecule has 2 rings (SSSR count). The Balaban J connectivity index is 2.25.